The number of rotatable bonds is 5. The third-order valence-electron chi connectivity index (χ3n) is 3.44. The van der Waals surface area contributed by atoms with Gasteiger partial charge in [0.25, 0.3) is 0 Å². The Morgan fingerprint density at radius 1 is 0.897 bits per heavy atom. The van der Waals surface area contributed by atoms with Crippen molar-refractivity contribution in [3.8, 4) is 17.3 Å². The van der Waals surface area contributed by atoms with Crippen molar-refractivity contribution in [2.45, 2.75) is 38.3 Å². The maximum Gasteiger partial charge on any atom is 0.408 e. The standard InChI is InChI=1S/C14H12ClF7N6O/c1-4(13(17,18)19)23-11-26-10(7-3-6(16)8(29)9(15)25-7)27-12(28-11)24-5(2)14(20,21)22/h3-5,29H,1-2H3,(H2,23,24,26,27,28). The van der Waals surface area contributed by atoms with Crippen molar-refractivity contribution in [1.82, 2.24) is 19.9 Å². The average molecular weight is 449 g/mol. The molecule has 0 aliphatic rings. The lowest BCUT2D eigenvalue weighted by atomic mass is 10.3. The van der Waals surface area contributed by atoms with Gasteiger partial charge in [-0.25, -0.2) is 9.37 Å². The lowest BCUT2D eigenvalue weighted by Gasteiger charge is -2.20. The second kappa shape index (κ2) is 8.00. The molecular weight excluding hydrogens is 437 g/mol. The van der Waals surface area contributed by atoms with Crippen molar-refractivity contribution in [3.05, 3.63) is 17.0 Å². The maximum atomic E-state index is 13.7. The van der Waals surface area contributed by atoms with Crippen molar-refractivity contribution in [2.24, 2.45) is 0 Å². The predicted molar refractivity (Wildman–Crippen MR) is 88.0 cm³/mol. The van der Waals surface area contributed by atoms with Gasteiger partial charge < -0.3 is 15.7 Å². The highest BCUT2D eigenvalue weighted by Gasteiger charge is 2.38. The minimum atomic E-state index is -4.72. The first-order chi connectivity index (χ1) is 13.2. The third-order valence-corrected chi connectivity index (χ3v) is 3.70. The van der Waals surface area contributed by atoms with Crippen LogP contribution in [-0.2, 0) is 0 Å². The SMILES string of the molecule is CC(Nc1nc(NC(C)C(F)(F)F)nc(-c2cc(F)c(O)c(Cl)n2)n1)C(F)(F)F. The predicted octanol–water partition coefficient (Wildman–Crippen LogP) is 4.16. The second-order valence-corrected chi connectivity index (χ2v) is 6.11. The molecule has 160 valence electrons. The molecule has 0 aromatic carbocycles. The molecule has 2 heterocycles. The molecule has 0 radical (unpaired) electrons. The number of pyridine rings is 1. The van der Waals surface area contributed by atoms with Crippen LogP contribution in [0.3, 0.4) is 0 Å². The van der Waals surface area contributed by atoms with Crippen LogP contribution in [0.4, 0.5) is 42.6 Å². The number of alkyl halides is 6. The topological polar surface area (TPSA) is 95.9 Å². The molecule has 29 heavy (non-hydrogen) atoms. The van der Waals surface area contributed by atoms with Crippen molar-refractivity contribution < 1.29 is 35.8 Å². The van der Waals surface area contributed by atoms with E-state index >= 15 is 0 Å². The van der Waals surface area contributed by atoms with Crippen molar-refractivity contribution in [2.75, 3.05) is 10.6 Å². The van der Waals surface area contributed by atoms with Gasteiger partial charge in [-0.15, -0.1) is 0 Å². The summed E-state index contributed by atoms with van der Waals surface area (Å²) in [5.41, 5.74) is -0.460. The van der Waals surface area contributed by atoms with Gasteiger partial charge in [0.15, 0.2) is 22.5 Å². The second-order valence-electron chi connectivity index (χ2n) is 5.75. The summed E-state index contributed by atoms with van der Waals surface area (Å²) in [6.07, 6.45) is -9.43. The molecular formula is C14H12ClF7N6O. The van der Waals surface area contributed by atoms with E-state index in [9.17, 15) is 35.8 Å². The normalized spacial score (nSPS) is 14.4. The highest BCUT2D eigenvalue weighted by molar-refractivity contribution is 6.30. The molecule has 0 amide bonds. The largest absolute Gasteiger partial charge is 0.503 e. The summed E-state index contributed by atoms with van der Waals surface area (Å²) in [6.45, 7) is 1.45. The lowest BCUT2D eigenvalue weighted by Crippen LogP contribution is -2.35. The van der Waals surface area contributed by atoms with Crippen LogP contribution in [0.5, 0.6) is 5.75 Å². The van der Waals surface area contributed by atoms with Crippen LogP contribution in [0.2, 0.25) is 5.15 Å². The minimum Gasteiger partial charge on any atom is -0.503 e. The van der Waals surface area contributed by atoms with E-state index in [0.29, 0.717) is 6.07 Å². The maximum absolute atomic E-state index is 13.7. The molecule has 2 aromatic rings. The molecule has 2 atom stereocenters. The Hall–Kier alpha value is -2.64. The van der Waals surface area contributed by atoms with Crippen LogP contribution < -0.4 is 10.6 Å². The number of halogens is 8. The summed E-state index contributed by atoms with van der Waals surface area (Å²) in [7, 11) is 0. The van der Waals surface area contributed by atoms with E-state index in [1.165, 1.54) is 0 Å². The zero-order valence-corrected chi connectivity index (χ0v) is 15.2. The highest BCUT2D eigenvalue weighted by atomic mass is 35.5. The summed E-state index contributed by atoms with van der Waals surface area (Å²) in [5, 5.41) is 12.3. The lowest BCUT2D eigenvalue weighted by molar-refractivity contribution is -0.139. The molecule has 0 aliphatic carbocycles. The van der Waals surface area contributed by atoms with Crippen molar-refractivity contribution in [1.29, 1.82) is 0 Å². The van der Waals surface area contributed by atoms with Crippen LogP contribution in [0, 0.1) is 5.82 Å². The van der Waals surface area contributed by atoms with Gasteiger partial charge in [-0.2, -0.15) is 41.3 Å². The molecule has 0 spiro atoms. The Morgan fingerprint density at radius 3 is 1.72 bits per heavy atom. The Kier molecular flexibility index (Phi) is 6.25. The van der Waals surface area contributed by atoms with E-state index in [2.05, 4.69) is 19.9 Å². The third kappa shape index (κ3) is 5.68. The Balaban J connectivity index is 2.52. The van der Waals surface area contributed by atoms with Crippen LogP contribution in [0.1, 0.15) is 13.8 Å². The number of nitrogens with zero attached hydrogens (tertiary/aromatic N) is 4. The molecule has 0 fully saturated rings. The molecule has 0 saturated carbocycles. The molecule has 2 unspecified atom stereocenters. The van der Waals surface area contributed by atoms with Gasteiger partial charge in [0.2, 0.25) is 11.9 Å². The first-order valence-corrected chi connectivity index (χ1v) is 8.04. The molecule has 0 bridgehead atoms. The zero-order chi connectivity index (χ0) is 22.1. The number of hydrogen-bond acceptors (Lipinski definition) is 7. The van der Waals surface area contributed by atoms with Crippen LogP contribution in [-0.4, -0.2) is 49.5 Å². The van der Waals surface area contributed by atoms with Crippen LogP contribution in [0.15, 0.2) is 6.07 Å². The Bertz CT molecular complexity index is 828. The highest BCUT2D eigenvalue weighted by Crippen LogP contribution is 2.29. The summed E-state index contributed by atoms with van der Waals surface area (Å²) < 4.78 is 90.3. The fourth-order valence-electron chi connectivity index (χ4n) is 1.76. The fourth-order valence-corrected chi connectivity index (χ4v) is 1.94. The summed E-state index contributed by atoms with van der Waals surface area (Å²) in [4.78, 5) is 14.3. The first kappa shape index (κ1) is 22.6. The van der Waals surface area contributed by atoms with Gasteiger partial charge >= 0.3 is 12.4 Å². The summed E-state index contributed by atoms with van der Waals surface area (Å²) >= 11 is 5.54. The Morgan fingerprint density at radius 2 is 1.34 bits per heavy atom. The summed E-state index contributed by atoms with van der Waals surface area (Å²) in [5.74, 6) is -4.34. The van der Waals surface area contributed by atoms with Crippen molar-refractivity contribution in [3.63, 3.8) is 0 Å². The van der Waals surface area contributed by atoms with Crippen molar-refractivity contribution >= 4 is 23.5 Å². The molecule has 7 nitrogen and oxygen atoms in total. The van der Waals surface area contributed by atoms with Gasteiger partial charge in [0.1, 0.15) is 17.8 Å². The van der Waals surface area contributed by atoms with Crippen LogP contribution in [0.25, 0.3) is 11.5 Å². The minimum absolute atomic E-state index is 0.460. The molecule has 3 N–H and O–H groups in total. The number of aromatic hydroxyl groups is 1. The molecule has 0 aliphatic heterocycles. The number of aromatic nitrogens is 4. The van der Waals surface area contributed by atoms with Gasteiger partial charge in [-0.1, -0.05) is 11.6 Å². The van der Waals surface area contributed by atoms with E-state index in [1.54, 1.807) is 0 Å². The Labute approximate surface area is 163 Å². The van der Waals surface area contributed by atoms with E-state index in [-0.39, 0.29) is 0 Å². The van der Waals surface area contributed by atoms with E-state index < -0.39 is 64.6 Å². The molecule has 2 rings (SSSR count). The number of anilines is 2. The van der Waals surface area contributed by atoms with Gasteiger partial charge in [-0.3, -0.25) is 0 Å². The quantitative estimate of drug-likeness (QED) is 0.467. The van der Waals surface area contributed by atoms with E-state index in [4.69, 9.17) is 11.6 Å². The smallest absolute Gasteiger partial charge is 0.408 e. The first-order valence-electron chi connectivity index (χ1n) is 7.66. The molecule has 2 aromatic heterocycles. The van der Waals surface area contributed by atoms with E-state index in [0.717, 1.165) is 13.8 Å². The number of hydrogen-bond donors (Lipinski definition) is 3. The monoisotopic (exact) mass is 448 g/mol. The van der Waals surface area contributed by atoms with Gasteiger partial charge in [0, 0.05) is 6.07 Å². The molecule has 0 saturated heterocycles. The number of nitrogens with one attached hydrogen (secondary N) is 2. The van der Waals surface area contributed by atoms with E-state index in [1.807, 2.05) is 10.6 Å². The summed E-state index contributed by atoms with van der Waals surface area (Å²) in [6, 6.07) is -3.73. The van der Waals surface area contributed by atoms with Crippen LogP contribution >= 0.6 is 11.6 Å². The zero-order valence-electron chi connectivity index (χ0n) is 14.5. The molecule has 15 heteroatoms. The van der Waals surface area contributed by atoms with Gasteiger partial charge in [0.05, 0.1) is 0 Å². The average Bonchev–Trinajstić information content (AvgIpc) is 2.57. The fraction of sp³-hybridized carbons (Fsp3) is 0.429. The van der Waals surface area contributed by atoms with Gasteiger partial charge in [-0.05, 0) is 13.8 Å².